The van der Waals surface area contributed by atoms with E-state index in [1.54, 1.807) is 0 Å². The van der Waals surface area contributed by atoms with Gasteiger partial charge in [0.2, 0.25) is 0 Å². The Morgan fingerprint density at radius 3 is 2.50 bits per heavy atom. The topological polar surface area (TPSA) is 23.5 Å². The van der Waals surface area contributed by atoms with Gasteiger partial charge in [0.05, 0.1) is 6.10 Å². The van der Waals surface area contributed by atoms with E-state index in [1.165, 1.54) is 58.2 Å². The summed E-state index contributed by atoms with van der Waals surface area (Å²) in [6.07, 6.45) is 8.86. The van der Waals surface area contributed by atoms with E-state index in [2.05, 4.69) is 11.8 Å². The van der Waals surface area contributed by atoms with Crippen LogP contribution in [0.25, 0.3) is 0 Å². The van der Waals surface area contributed by atoms with Crippen molar-refractivity contribution >= 4 is 0 Å². The van der Waals surface area contributed by atoms with E-state index in [4.69, 9.17) is 5.11 Å². The molecule has 0 amide bonds. The van der Waals surface area contributed by atoms with E-state index in [0.717, 1.165) is 12.3 Å². The summed E-state index contributed by atoms with van der Waals surface area (Å²) in [5.41, 5.74) is 0. The van der Waals surface area contributed by atoms with Crippen LogP contribution < -0.4 is 0 Å². The quantitative estimate of drug-likeness (QED) is 0.676. The number of piperidine rings is 1. The largest absolute Gasteiger partial charge is 0.393 e. The van der Waals surface area contributed by atoms with Crippen LogP contribution in [0.4, 0.5) is 0 Å². The molecular formula is C14H29NO. The third-order valence-electron chi connectivity index (χ3n) is 3.75. The monoisotopic (exact) mass is 227 g/mol. The van der Waals surface area contributed by atoms with Crippen molar-refractivity contribution in [3.8, 4) is 0 Å². The molecule has 1 rings (SSSR count). The Morgan fingerprint density at radius 2 is 1.94 bits per heavy atom. The van der Waals surface area contributed by atoms with Gasteiger partial charge in [-0.15, -0.1) is 0 Å². The molecule has 1 saturated heterocycles. The van der Waals surface area contributed by atoms with Gasteiger partial charge < -0.3 is 10.0 Å². The Hall–Kier alpha value is -0.0800. The van der Waals surface area contributed by atoms with Gasteiger partial charge in [0, 0.05) is 0 Å². The minimum absolute atomic E-state index is 0.115. The first-order valence-corrected chi connectivity index (χ1v) is 7.12. The predicted molar refractivity (Wildman–Crippen MR) is 69.6 cm³/mol. The van der Waals surface area contributed by atoms with Crippen LogP contribution in [0.1, 0.15) is 58.8 Å². The van der Waals surface area contributed by atoms with E-state index < -0.39 is 0 Å². The summed E-state index contributed by atoms with van der Waals surface area (Å²) >= 11 is 0. The lowest BCUT2D eigenvalue weighted by atomic mass is 9.92. The molecule has 96 valence electrons. The van der Waals surface area contributed by atoms with Crippen LogP contribution in [0, 0.1) is 5.92 Å². The molecule has 2 nitrogen and oxygen atoms in total. The molecule has 0 aromatic heterocycles. The third kappa shape index (κ3) is 5.86. The van der Waals surface area contributed by atoms with E-state index in [9.17, 15) is 0 Å². The van der Waals surface area contributed by atoms with Gasteiger partial charge in [-0.1, -0.05) is 19.8 Å². The van der Waals surface area contributed by atoms with Gasteiger partial charge in [-0.25, -0.2) is 0 Å². The van der Waals surface area contributed by atoms with Gasteiger partial charge in [0.15, 0.2) is 0 Å². The average Bonchev–Trinajstić information content (AvgIpc) is 2.27. The molecule has 0 bridgehead atoms. The van der Waals surface area contributed by atoms with Crippen LogP contribution >= 0.6 is 0 Å². The van der Waals surface area contributed by atoms with E-state index in [-0.39, 0.29) is 6.10 Å². The number of hydrogen-bond acceptors (Lipinski definition) is 2. The molecule has 16 heavy (non-hydrogen) atoms. The molecule has 0 aliphatic carbocycles. The van der Waals surface area contributed by atoms with Crippen molar-refractivity contribution in [1.29, 1.82) is 0 Å². The lowest BCUT2D eigenvalue weighted by Gasteiger charge is -2.31. The molecule has 1 aliphatic heterocycles. The third-order valence-corrected chi connectivity index (χ3v) is 3.75. The summed E-state index contributed by atoms with van der Waals surface area (Å²) in [6, 6.07) is 0. The molecule has 0 aromatic rings. The summed E-state index contributed by atoms with van der Waals surface area (Å²) in [7, 11) is 0. The molecule has 0 radical (unpaired) electrons. The van der Waals surface area contributed by atoms with E-state index in [0.29, 0.717) is 0 Å². The number of nitrogens with zero attached hydrogens (tertiary/aromatic N) is 1. The fourth-order valence-corrected chi connectivity index (χ4v) is 2.68. The number of hydrogen-bond donors (Lipinski definition) is 1. The Labute approximate surface area is 101 Å². The summed E-state index contributed by atoms with van der Waals surface area (Å²) < 4.78 is 0. The van der Waals surface area contributed by atoms with Crippen LogP contribution in [0.5, 0.6) is 0 Å². The van der Waals surface area contributed by atoms with Crippen LogP contribution in [-0.2, 0) is 0 Å². The number of aliphatic hydroxyl groups is 1. The normalized spacial score (nSPS) is 21.2. The summed E-state index contributed by atoms with van der Waals surface area (Å²) in [5, 5.41) is 9.17. The molecule has 0 saturated carbocycles. The van der Waals surface area contributed by atoms with Crippen molar-refractivity contribution in [2.45, 2.75) is 64.9 Å². The van der Waals surface area contributed by atoms with Gasteiger partial charge in [-0.05, 0) is 64.6 Å². The Morgan fingerprint density at radius 1 is 1.25 bits per heavy atom. The van der Waals surface area contributed by atoms with Gasteiger partial charge >= 0.3 is 0 Å². The molecule has 1 atom stereocenters. The summed E-state index contributed by atoms with van der Waals surface area (Å²) in [4.78, 5) is 2.61. The van der Waals surface area contributed by atoms with Crippen LogP contribution in [0.3, 0.4) is 0 Å². The Bertz CT molecular complexity index is 162. The van der Waals surface area contributed by atoms with Gasteiger partial charge in [-0.2, -0.15) is 0 Å². The maximum atomic E-state index is 9.17. The highest BCUT2D eigenvalue weighted by molar-refractivity contribution is 4.71. The fourth-order valence-electron chi connectivity index (χ4n) is 2.68. The molecule has 2 heteroatoms. The standard InChI is InChI=1S/C14H29NO/c1-3-6-14-8-11-15(12-9-14)10-5-4-7-13(2)16/h13-14,16H,3-12H2,1-2H3. The average molecular weight is 227 g/mol. The second kappa shape index (κ2) is 8.08. The Balaban J connectivity index is 1.99. The summed E-state index contributed by atoms with van der Waals surface area (Å²) in [6.45, 7) is 8.03. The second-order valence-electron chi connectivity index (χ2n) is 5.42. The smallest absolute Gasteiger partial charge is 0.0512 e. The van der Waals surface area contributed by atoms with Crippen LogP contribution in [-0.4, -0.2) is 35.7 Å². The van der Waals surface area contributed by atoms with Crippen molar-refractivity contribution in [2.75, 3.05) is 19.6 Å². The van der Waals surface area contributed by atoms with E-state index in [1.807, 2.05) is 6.92 Å². The first kappa shape index (κ1) is 14.0. The van der Waals surface area contributed by atoms with E-state index >= 15 is 0 Å². The number of aliphatic hydroxyl groups excluding tert-OH is 1. The zero-order valence-electron chi connectivity index (χ0n) is 11.1. The van der Waals surface area contributed by atoms with Crippen molar-refractivity contribution < 1.29 is 5.11 Å². The molecule has 1 unspecified atom stereocenters. The Kier molecular flexibility index (Phi) is 7.06. The van der Waals surface area contributed by atoms with Gasteiger partial charge in [-0.3, -0.25) is 0 Å². The molecule has 1 aliphatic rings. The number of rotatable bonds is 7. The van der Waals surface area contributed by atoms with Gasteiger partial charge in [0.25, 0.3) is 0 Å². The molecule has 1 heterocycles. The van der Waals surface area contributed by atoms with Gasteiger partial charge in [0.1, 0.15) is 0 Å². The van der Waals surface area contributed by atoms with Crippen molar-refractivity contribution in [2.24, 2.45) is 5.92 Å². The SMILES string of the molecule is CCCC1CCN(CCCCC(C)O)CC1. The molecule has 0 aromatic carbocycles. The lowest BCUT2D eigenvalue weighted by Crippen LogP contribution is -2.34. The highest BCUT2D eigenvalue weighted by Gasteiger charge is 2.17. The highest BCUT2D eigenvalue weighted by Crippen LogP contribution is 2.21. The zero-order valence-corrected chi connectivity index (χ0v) is 11.1. The second-order valence-corrected chi connectivity index (χ2v) is 5.42. The zero-order chi connectivity index (χ0) is 11.8. The molecular weight excluding hydrogens is 198 g/mol. The number of likely N-dealkylation sites (tertiary alicyclic amines) is 1. The van der Waals surface area contributed by atoms with Crippen LogP contribution in [0.2, 0.25) is 0 Å². The van der Waals surface area contributed by atoms with Crippen molar-refractivity contribution in [3.05, 3.63) is 0 Å². The molecule has 0 spiro atoms. The summed E-state index contributed by atoms with van der Waals surface area (Å²) in [5.74, 6) is 0.999. The lowest BCUT2D eigenvalue weighted by molar-refractivity contribution is 0.161. The predicted octanol–water partition coefficient (Wildman–Crippen LogP) is 3.05. The number of unbranched alkanes of at least 4 members (excludes halogenated alkanes) is 1. The maximum Gasteiger partial charge on any atom is 0.0512 e. The maximum absolute atomic E-state index is 9.17. The highest BCUT2D eigenvalue weighted by atomic mass is 16.3. The van der Waals surface area contributed by atoms with Crippen molar-refractivity contribution in [3.63, 3.8) is 0 Å². The van der Waals surface area contributed by atoms with Crippen molar-refractivity contribution in [1.82, 2.24) is 4.90 Å². The first-order valence-electron chi connectivity index (χ1n) is 7.12. The minimum atomic E-state index is -0.115. The molecule has 1 N–H and O–H groups in total. The molecule has 1 fully saturated rings. The van der Waals surface area contributed by atoms with Crippen LogP contribution in [0.15, 0.2) is 0 Å². The fraction of sp³-hybridized carbons (Fsp3) is 1.00. The first-order chi connectivity index (χ1) is 7.72. The minimum Gasteiger partial charge on any atom is -0.393 e.